The molecule has 0 heterocycles. The van der Waals surface area contributed by atoms with Crippen molar-refractivity contribution in [3.63, 3.8) is 0 Å². The molecule has 0 aromatic heterocycles. The molecule has 1 rings (SSSR count). The van der Waals surface area contributed by atoms with Gasteiger partial charge in [0.15, 0.2) is 6.61 Å². The lowest BCUT2D eigenvalue weighted by Gasteiger charge is -2.12. The smallest absolute Gasteiger partial charge is 0.343 e. The number of nitrogens with zero attached hydrogens (tertiary/aromatic N) is 1. The summed E-state index contributed by atoms with van der Waals surface area (Å²) >= 11 is 0. The first-order valence-corrected chi connectivity index (χ1v) is 7.52. The normalized spacial score (nSPS) is 11.0. The molecule has 24 heavy (non-hydrogen) atoms. The van der Waals surface area contributed by atoms with E-state index in [2.05, 4.69) is 10.1 Å². The molecule has 0 saturated carbocycles. The van der Waals surface area contributed by atoms with E-state index in [0.29, 0.717) is 11.3 Å². The fraction of sp³-hybridized carbons (Fsp3) is 0.389. The van der Waals surface area contributed by atoms with Crippen molar-refractivity contribution in [3.8, 4) is 11.8 Å². The number of ether oxygens (including phenoxy) is 2. The van der Waals surface area contributed by atoms with Crippen molar-refractivity contribution in [2.24, 2.45) is 0 Å². The van der Waals surface area contributed by atoms with Crippen molar-refractivity contribution in [2.75, 3.05) is 13.7 Å². The van der Waals surface area contributed by atoms with Gasteiger partial charge in [-0.05, 0) is 62.6 Å². The summed E-state index contributed by atoms with van der Waals surface area (Å²) in [5.41, 5.74) is 2.34. The summed E-state index contributed by atoms with van der Waals surface area (Å²) in [6, 6.07) is 5.45. The lowest BCUT2D eigenvalue weighted by atomic mass is 10.0. The summed E-state index contributed by atoms with van der Waals surface area (Å²) in [5.74, 6) is -0.286. The number of methoxy groups -OCH3 is 1. The summed E-state index contributed by atoms with van der Waals surface area (Å²) < 4.78 is 10.0. The van der Waals surface area contributed by atoms with Crippen LogP contribution in [0.15, 0.2) is 17.7 Å². The molecule has 128 valence electrons. The molecule has 0 fully saturated rings. The Morgan fingerprint density at radius 3 is 2.33 bits per heavy atom. The highest BCUT2D eigenvalue weighted by Crippen LogP contribution is 2.26. The van der Waals surface area contributed by atoms with Gasteiger partial charge in [-0.1, -0.05) is 0 Å². The van der Waals surface area contributed by atoms with E-state index in [9.17, 15) is 14.9 Å². The van der Waals surface area contributed by atoms with E-state index in [4.69, 9.17) is 4.74 Å². The Morgan fingerprint density at radius 2 is 1.88 bits per heavy atom. The predicted molar refractivity (Wildman–Crippen MR) is 90.3 cm³/mol. The predicted octanol–water partition coefficient (Wildman–Crippen LogP) is 2.29. The van der Waals surface area contributed by atoms with Crippen LogP contribution in [0.3, 0.4) is 0 Å². The standard InChI is InChI=1S/C18H22N2O4/c1-11(2)20-18(22)15(9-19)8-14-6-12(3)17(13(4)7-14)24-10-16(21)23-5/h6-8,11H,10H2,1-5H3,(H,20,22). The molecular formula is C18H22N2O4. The summed E-state index contributed by atoms with van der Waals surface area (Å²) in [4.78, 5) is 23.1. The number of carbonyl (C=O) groups excluding carboxylic acids is 2. The number of amides is 1. The Balaban J connectivity index is 3.06. The third-order valence-electron chi connectivity index (χ3n) is 3.14. The average molecular weight is 330 g/mol. The molecule has 1 aromatic carbocycles. The van der Waals surface area contributed by atoms with Gasteiger partial charge in [-0.15, -0.1) is 0 Å². The van der Waals surface area contributed by atoms with Crippen LogP contribution < -0.4 is 10.1 Å². The summed E-state index contributed by atoms with van der Waals surface area (Å²) in [7, 11) is 1.30. The molecule has 0 atom stereocenters. The zero-order chi connectivity index (χ0) is 18.3. The van der Waals surface area contributed by atoms with E-state index < -0.39 is 11.9 Å². The summed E-state index contributed by atoms with van der Waals surface area (Å²) in [6.07, 6.45) is 1.53. The summed E-state index contributed by atoms with van der Waals surface area (Å²) in [5, 5.41) is 11.9. The van der Waals surface area contributed by atoms with Crippen LogP contribution in [0.25, 0.3) is 6.08 Å². The number of carbonyl (C=O) groups is 2. The van der Waals surface area contributed by atoms with E-state index in [1.54, 1.807) is 12.1 Å². The summed E-state index contributed by atoms with van der Waals surface area (Å²) in [6.45, 7) is 7.14. The number of nitrogens with one attached hydrogen (secondary N) is 1. The van der Waals surface area contributed by atoms with E-state index in [1.165, 1.54) is 13.2 Å². The van der Waals surface area contributed by atoms with Gasteiger partial charge in [-0.25, -0.2) is 4.79 Å². The van der Waals surface area contributed by atoms with E-state index >= 15 is 0 Å². The number of hydrogen-bond acceptors (Lipinski definition) is 5. The zero-order valence-electron chi connectivity index (χ0n) is 14.6. The van der Waals surface area contributed by atoms with Crippen molar-refractivity contribution in [2.45, 2.75) is 33.7 Å². The number of esters is 1. The highest BCUT2D eigenvalue weighted by molar-refractivity contribution is 6.01. The highest BCUT2D eigenvalue weighted by atomic mass is 16.6. The number of aryl methyl sites for hydroxylation is 2. The molecule has 0 radical (unpaired) electrons. The van der Waals surface area contributed by atoms with Crippen LogP contribution in [0.2, 0.25) is 0 Å². The topological polar surface area (TPSA) is 88.4 Å². The minimum atomic E-state index is -0.463. The van der Waals surface area contributed by atoms with Gasteiger partial charge in [0.05, 0.1) is 7.11 Å². The Morgan fingerprint density at radius 1 is 1.29 bits per heavy atom. The molecule has 0 bridgehead atoms. The van der Waals surface area contributed by atoms with Crippen molar-refractivity contribution >= 4 is 18.0 Å². The van der Waals surface area contributed by atoms with Crippen LogP contribution in [-0.2, 0) is 14.3 Å². The van der Waals surface area contributed by atoms with Crippen molar-refractivity contribution in [1.29, 1.82) is 5.26 Å². The van der Waals surface area contributed by atoms with Gasteiger partial charge in [0.25, 0.3) is 5.91 Å². The Kier molecular flexibility index (Phi) is 6.99. The average Bonchev–Trinajstić information content (AvgIpc) is 2.50. The number of nitriles is 1. The quantitative estimate of drug-likeness (QED) is 0.491. The van der Waals surface area contributed by atoms with Crippen molar-refractivity contribution < 1.29 is 19.1 Å². The molecular weight excluding hydrogens is 308 g/mol. The number of benzene rings is 1. The van der Waals surface area contributed by atoms with Gasteiger partial charge in [0.1, 0.15) is 17.4 Å². The molecule has 0 unspecified atom stereocenters. The Hall–Kier alpha value is -2.81. The van der Waals surface area contributed by atoms with Crippen molar-refractivity contribution in [3.05, 3.63) is 34.4 Å². The second-order valence-corrected chi connectivity index (χ2v) is 5.65. The van der Waals surface area contributed by atoms with Crippen LogP contribution in [0.1, 0.15) is 30.5 Å². The highest BCUT2D eigenvalue weighted by Gasteiger charge is 2.12. The van der Waals surface area contributed by atoms with Gasteiger partial charge < -0.3 is 14.8 Å². The molecule has 6 heteroatoms. The van der Waals surface area contributed by atoms with Crippen LogP contribution in [0.4, 0.5) is 0 Å². The lowest BCUT2D eigenvalue weighted by Crippen LogP contribution is -2.30. The maximum absolute atomic E-state index is 12.0. The van der Waals surface area contributed by atoms with Crippen LogP contribution in [-0.4, -0.2) is 31.6 Å². The SMILES string of the molecule is COC(=O)COc1c(C)cc(C=C(C#N)C(=O)NC(C)C)cc1C. The fourth-order valence-corrected chi connectivity index (χ4v) is 2.14. The fourth-order valence-electron chi connectivity index (χ4n) is 2.14. The van der Waals surface area contributed by atoms with Gasteiger partial charge in [-0.3, -0.25) is 4.79 Å². The molecule has 1 aromatic rings. The molecule has 1 amide bonds. The van der Waals surface area contributed by atoms with E-state index in [1.807, 2.05) is 33.8 Å². The maximum atomic E-state index is 12.0. The monoisotopic (exact) mass is 330 g/mol. The minimum absolute atomic E-state index is 0.0331. The van der Waals surface area contributed by atoms with Crippen LogP contribution >= 0.6 is 0 Å². The van der Waals surface area contributed by atoms with Crippen LogP contribution in [0.5, 0.6) is 5.75 Å². The third kappa shape index (κ3) is 5.43. The maximum Gasteiger partial charge on any atom is 0.343 e. The molecule has 0 spiro atoms. The van der Waals surface area contributed by atoms with Crippen molar-refractivity contribution in [1.82, 2.24) is 5.32 Å². The first-order valence-electron chi connectivity index (χ1n) is 7.52. The lowest BCUT2D eigenvalue weighted by molar-refractivity contribution is -0.142. The molecule has 0 aliphatic carbocycles. The molecule has 6 nitrogen and oxygen atoms in total. The second-order valence-electron chi connectivity index (χ2n) is 5.65. The Bertz CT molecular complexity index is 676. The van der Waals surface area contributed by atoms with Gasteiger partial charge in [0.2, 0.25) is 0 Å². The first-order chi connectivity index (χ1) is 11.3. The zero-order valence-corrected chi connectivity index (χ0v) is 14.6. The number of hydrogen-bond donors (Lipinski definition) is 1. The van der Waals surface area contributed by atoms with Crippen LogP contribution in [0, 0.1) is 25.2 Å². The molecule has 1 N–H and O–H groups in total. The molecule has 0 saturated heterocycles. The van der Waals surface area contributed by atoms with Gasteiger partial charge >= 0.3 is 5.97 Å². The van der Waals surface area contributed by atoms with E-state index in [0.717, 1.165) is 11.1 Å². The minimum Gasteiger partial charge on any atom is -0.481 e. The Labute approximate surface area is 142 Å². The molecule has 0 aliphatic heterocycles. The van der Waals surface area contributed by atoms with Gasteiger partial charge in [0, 0.05) is 6.04 Å². The largest absolute Gasteiger partial charge is 0.481 e. The van der Waals surface area contributed by atoms with Gasteiger partial charge in [-0.2, -0.15) is 5.26 Å². The first kappa shape index (κ1) is 19.2. The van der Waals surface area contributed by atoms with E-state index in [-0.39, 0.29) is 18.2 Å². The second kappa shape index (κ2) is 8.73. The third-order valence-corrected chi connectivity index (χ3v) is 3.14. The number of rotatable bonds is 6. The molecule has 0 aliphatic rings.